The Morgan fingerprint density at radius 2 is 2.50 bits per heavy atom. The first kappa shape index (κ1) is 8.58. The smallest absolute Gasteiger partial charge is 0.343 e. The maximum atomic E-state index is 10.6. The van der Waals surface area contributed by atoms with E-state index < -0.39 is 5.97 Å². The van der Waals surface area contributed by atoms with Crippen molar-refractivity contribution in [1.29, 1.82) is 0 Å². The minimum absolute atomic E-state index is 0.150. The number of carbonyl (C=O) groups is 1. The molecule has 1 aromatic heterocycles. The van der Waals surface area contributed by atoms with Gasteiger partial charge in [0.1, 0.15) is 5.76 Å². The molecule has 12 heavy (non-hydrogen) atoms. The number of carbonyl (C=O) groups excluding carboxylic acids is 1. The quantitative estimate of drug-likeness (QED) is 0.621. The Morgan fingerprint density at radius 1 is 1.75 bits per heavy atom. The number of hydrogen-bond acceptors (Lipinski definition) is 5. The predicted octanol–water partition coefficient (Wildman–Crippen LogP) is 0.535. The van der Waals surface area contributed by atoms with Crippen LogP contribution >= 0.6 is 0 Å². The molecule has 1 aromatic rings. The fourth-order valence-electron chi connectivity index (χ4n) is 0.603. The van der Waals surface area contributed by atoms with Crippen LogP contribution in [0.1, 0.15) is 5.76 Å². The number of nitrogens with zero attached hydrogens (tertiary/aromatic N) is 1. The third-order valence-electron chi connectivity index (χ3n) is 1.17. The molecule has 0 aliphatic rings. The van der Waals surface area contributed by atoms with Crippen LogP contribution in [0.25, 0.3) is 0 Å². The molecule has 1 heterocycles. The summed E-state index contributed by atoms with van der Waals surface area (Å²) in [7, 11) is 1.29. The molecule has 5 heteroatoms. The summed E-state index contributed by atoms with van der Waals surface area (Å²) >= 11 is 0. The summed E-state index contributed by atoms with van der Waals surface area (Å²) in [4.78, 5) is 10.6. The zero-order valence-corrected chi connectivity index (χ0v) is 6.86. The van der Waals surface area contributed by atoms with Gasteiger partial charge >= 0.3 is 5.97 Å². The third-order valence-corrected chi connectivity index (χ3v) is 1.17. The van der Waals surface area contributed by atoms with Crippen LogP contribution in [-0.2, 0) is 9.53 Å². The number of ether oxygens (including phenoxy) is 2. The van der Waals surface area contributed by atoms with Gasteiger partial charge in [-0.25, -0.2) is 4.79 Å². The lowest BCUT2D eigenvalue weighted by molar-refractivity contribution is -0.143. The summed E-state index contributed by atoms with van der Waals surface area (Å²) in [5, 5.41) is 3.52. The molecule has 0 N–H and O–H groups in total. The topological polar surface area (TPSA) is 61.6 Å². The van der Waals surface area contributed by atoms with E-state index in [1.807, 2.05) is 0 Å². The van der Waals surface area contributed by atoms with E-state index in [-0.39, 0.29) is 12.5 Å². The first-order valence-electron chi connectivity index (χ1n) is 3.35. The molecule has 0 aliphatic heterocycles. The van der Waals surface area contributed by atoms with Crippen molar-refractivity contribution in [3.05, 3.63) is 11.8 Å². The van der Waals surface area contributed by atoms with Crippen molar-refractivity contribution in [3.63, 3.8) is 0 Å². The van der Waals surface area contributed by atoms with Gasteiger partial charge in [0.05, 0.1) is 7.11 Å². The number of esters is 1. The van der Waals surface area contributed by atoms with Crippen molar-refractivity contribution >= 4 is 5.97 Å². The molecular weight excluding hydrogens is 162 g/mol. The Kier molecular flexibility index (Phi) is 2.68. The van der Waals surface area contributed by atoms with E-state index in [9.17, 15) is 4.79 Å². The highest BCUT2D eigenvalue weighted by atomic mass is 16.6. The highest BCUT2D eigenvalue weighted by molar-refractivity contribution is 5.70. The standard InChI is InChI=1S/C7H9NO4/c1-5-3-6(8-12-5)11-4-7(9)10-2/h3H,4H2,1-2H3. The van der Waals surface area contributed by atoms with Crippen LogP contribution in [0, 0.1) is 6.92 Å². The lowest BCUT2D eigenvalue weighted by Crippen LogP contribution is -2.12. The Labute approximate surface area is 69.2 Å². The van der Waals surface area contributed by atoms with E-state index in [1.54, 1.807) is 13.0 Å². The van der Waals surface area contributed by atoms with Crippen LogP contribution in [-0.4, -0.2) is 24.8 Å². The summed E-state index contributed by atoms with van der Waals surface area (Å²) in [6.45, 7) is 1.58. The Hall–Kier alpha value is -1.52. The molecule has 0 bridgehead atoms. The highest BCUT2D eigenvalue weighted by Gasteiger charge is 2.04. The SMILES string of the molecule is COC(=O)COc1cc(C)on1. The average Bonchev–Trinajstić information content (AvgIpc) is 2.47. The molecule has 0 amide bonds. The van der Waals surface area contributed by atoms with Crippen LogP contribution in [0.15, 0.2) is 10.6 Å². The summed E-state index contributed by atoms with van der Waals surface area (Å²) in [5.74, 6) is 0.475. The van der Waals surface area contributed by atoms with Gasteiger partial charge < -0.3 is 14.0 Å². The van der Waals surface area contributed by atoms with Gasteiger partial charge in [0.15, 0.2) is 6.61 Å². The van der Waals surface area contributed by atoms with Crippen LogP contribution in [0.4, 0.5) is 0 Å². The summed E-state index contributed by atoms with van der Waals surface area (Å²) in [5.41, 5.74) is 0. The van der Waals surface area contributed by atoms with E-state index >= 15 is 0 Å². The lowest BCUT2D eigenvalue weighted by Gasteiger charge is -1.98. The van der Waals surface area contributed by atoms with Gasteiger partial charge in [0.25, 0.3) is 5.88 Å². The van der Waals surface area contributed by atoms with Gasteiger partial charge in [-0.3, -0.25) is 0 Å². The fourth-order valence-corrected chi connectivity index (χ4v) is 0.603. The molecule has 0 atom stereocenters. The summed E-state index contributed by atoms with van der Waals surface area (Å²) in [6, 6.07) is 1.59. The molecule has 0 fully saturated rings. The van der Waals surface area contributed by atoms with E-state index in [1.165, 1.54) is 7.11 Å². The first-order valence-corrected chi connectivity index (χ1v) is 3.35. The molecule has 0 unspecified atom stereocenters. The van der Waals surface area contributed by atoms with E-state index in [4.69, 9.17) is 9.26 Å². The largest absolute Gasteiger partial charge is 0.466 e. The Balaban J connectivity index is 2.38. The summed E-state index contributed by atoms with van der Waals surface area (Å²) < 4.78 is 14.0. The van der Waals surface area contributed by atoms with Crippen LogP contribution in [0.3, 0.4) is 0 Å². The van der Waals surface area contributed by atoms with E-state index in [2.05, 4.69) is 9.89 Å². The minimum Gasteiger partial charge on any atom is -0.466 e. The lowest BCUT2D eigenvalue weighted by atomic mass is 10.5. The Bertz CT molecular complexity index is 268. The van der Waals surface area contributed by atoms with E-state index in [0.29, 0.717) is 5.76 Å². The second kappa shape index (κ2) is 3.75. The number of aromatic nitrogens is 1. The monoisotopic (exact) mass is 171 g/mol. The van der Waals surface area contributed by atoms with Crippen molar-refractivity contribution in [1.82, 2.24) is 5.16 Å². The number of rotatable bonds is 3. The number of aryl methyl sites for hydroxylation is 1. The van der Waals surface area contributed by atoms with Crippen LogP contribution in [0.2, 0.25) is 0 Å². The van der Waals surface area contributed by atoms with E-state index in [0.717, 1.165) is 0 Å². The van der Waals surface area contributed by atoms with Crippen molar-refractivity contribution in [2.75, 3.05) is 13.7 Å². The molecular formula is C7H9NO4. The zero-order chi connectivity index (χ0) is 8.97. The van der Waals surface area contributed by atoms with Crippen LogP contribution in [0.5, 0.6) is 5.88 Å². The second-order valence-corrected chi connectivity index (χ2v) is 2.14. The molecule has 1 rings (SSSR count). The number of hydrogen-bond donors (Lipinski definition) is 0. The van der Waals surface area contributed by atoms with Crippen molar-refractivity contribution in [3.8, 4) is 5.88 Å². The maximum absolute atomic E-state index is 10.6. The average molecular weight is 171 g/mol. The molecule has 5 nitrogen and oxygen atoms in total. The first-order chi connectivity index (χ1) is 5.72. The van der Waals surface area contributed by atoms with Gasteiger partial charge in [-0.15, -0.1) is 0 Å². The van der Waals surface area contributed by atoms with Gasteiger partial charge in [-0.1, -0.05) is 0 Å². The summed E-state index contributed by atoms with van der Waals surface area (Å²) in [6.07, 6.45) is 0. The molecule has 0 spiro atoms. The third kappa shape index (κ3) is 2.26. The normalized spacial score (nSPS) is 9.50. The molecule has 66 valence electrons. The minimum atomic E-state index is -0.448. The molecule has 0 saturated heterocycles. The second-order valence-electron chi connectivity index (χ2n) is 2.14. The van der Waals surface area contributed by atoms with Crippen molar-refractivity contribution in [2.45, 2.75) is 6.92 Å². The van der Waals surface area contributed by atoms with Crippen molar-refractivity contribution in [2.24, 2.45) is 0 Å². The van der Waals surface area contributed by atoms with Crippen LogP contribution < -0.4 is 4.74 Å². The van der Waals surface area contributed by atoms with Gasteiger partial charge in [-0.2, -0.15) is 0 Å². The van der Waals surface area contributed by atoms with Crippen molar-refractivity contribution < 1.29 is 18.8 Å². The molecule has 0 aromatic carbocycles. The molecule has 0 radical (unpaired) electrons. The Morgan fingerprint density at radius 3 is 3.00 bits per heavy atom. The maximum Gasteiger partial charge on any atom is 0.343 e. The van der Waals surface area contributed by atoms with Gasteiger partial charge in [-0.05, 0) is 12.1 Å². The van der Waals surface area contributed by atoms with Gasteiger partial charge in [0, 0.05) is 6.07 Å². The number of methoxy groups -OCH3 is 1. The zero-order valence-electron chi connectivity index (χ0n) is 6.86. The fraction of sp³-hybridized carbons (Fsp3) is 0.429. The molecule has 0 aliphatic carbocycles. The highest BCUT2D eigenvalue weighted by Crippen LogP contribution is 2.09. The predicted molar refractivity (Wildman–Crippen MR) is 38.8 cm³/mol. The molecule has 0 saturated carbocycles. The van der Waals surface area contributed by atoms with Gasteiger partial charge in [0.2, 0.25) is 0 Å².